The summed E-state index contributed by atoms with van der Waals surface area (Å²) in [5.41, 5.74) is 6.24. The molecule has 0 fully saturated rings. The van der Waals surface area contributed by atoms with Crippen molar-refractivity contribution in [2.45, 2.75) is 6.92 Å². The Balaban J connectivity index is 2.38. The van der Waals surface area contributed by atoms with E-state index >= 15 is 0 Å². The highest BCUT2D eigenvalue weighted by molar-refractivity contribution is 6.32. The van der Waals surface area contributed by atoms with E-state index in [9.17, 15) is 10.1 Å². The van der Waals surface area contributed by atoms with E-state index in [0.29, 0.717) is 10.8 Å². The van der Waals surface area contributed by atoms with Gasteiger partial charge in [-0.15, -0.1) is 0 Å². The van der Waals surface area contributed by atoms with Crippen LogP contribution in [-0.2, 0) is 0 Å². The Morgan fingerprint density at radius 2 is 2.11 bits per heavy atom. The second-order valence-corrected chi connectivity index (χ2v) is 4.29. The summed E-state index contributed by atoms with van der Waals surface area (Å²) in [6, 6.07) is 7.55. The standard InChI is InChI=1S/C12H10ClN3O3/c1-7-2-3-9(13)10(4-7)19-12-6-8(16(17)18)5-11(14)15-12/h2-6H,1H3,(H2,14,15). The van der Waals surface area contributed by atoms with Gasteiger partial charge in [-0.1, -0.05) is 17.7 Å². The number of hydrogen-bond acceptors (Lipinski definition) is 5. The lowest BCUT2D eigenvalue weighted by molar-refractivity contribution is -0.384. The van der Waals surface area contributed by atoms with Crippen molar-refractivity contribution in [2.24, 2.45) is 0 Å². The van der Waals surface area contributed by atoms with Crippen LogP contribution in [0, 0.1) is 17.0 Å². The van der Waals surface area contributed by atoms with Crippen molar-refractivity contribution >= 4 is 23.1 Å². The monoisotopic (exact) mass is 279 g/mol. The van der Waals surface area contributed by atoms with Gasteiger partial charge < -0.3 is 10.5 Å². The molecule has 0 radical (unpaired) electrons. The first-order valence-corrected chi connectivity index (χ1v) is 5.69. The van der Waals surface area contributed by atoms with Crippen molar-refractivity contribution in [3.63, 3.8) is 0 Å². The van der Waals surface area contributed by atoms with E-state index in [4.69, 9.17) is 22.1 Å². The van der Waals surface area contributed by atoms with Crippen molar-refractivity contribution in [1.29, 1.82) is 0 Å². The Bertz CT molecular complexity index is 646. The molecule has 2 aromatic rings. The van der Waals surface area contributed by atoms with Gasteiger partial charge in [0.2, 0.25) is 5.88 Å². The molecule has 1 aromatic heterocycles. The number of aryl methyl sites for hydroxylation is 1. The molecule has 2 rings (SSSR count). The maximum Gasteiger partial charge on any atom is 0.278 e. The van der Waals surface area contributed by atoms with Crippen LogP contribution < -0.4 is 10.5 Å². The van der Waals surface area contributed by atoms with Gasteiger partial charge in [0.15, 0.2) is 0 Å². The van der Waals surface area contributed by atoms with Gasteiger partial charge in [-0.25, -0.2) is 0 Å². The van der Waals surface area contributed by atoms with E-state index in [1.165, 1.54) is 6.07 Å². The molecule has 0 aliphatic rings. The first kappa shape index (κ1) is 13.1. The predicted octanol–water partition coefficient (Wildman–Crippen LogP) is 3.33. The Kier molecular flexibility index (Phi) is 3.52. The van der Waals surface area contributed by atoms with Crippen LogP contribution in [0.15, 0.2) is 30.3 Å². The fraction of sp³-hybridized carbons (Fsp3) is 0.0833. The van der Waals surface area contributed by atoms with Crippen molar-refractivity contribution in [1.82, 2.24) is 4.98 Å². The smallest absolute Gasteiger partial charge is 0.278 e. The van der Waals surface area contributed by atoms with Crippen LogP contribution in [0.3, 0.4) is 0 Å². The van der Waals surface area contributed by atoms with Crippen LogP contribution >= 0.6 is 11.6 Å². The number of anilines is 1. The quantitative estimate of drug-likeness (QED) is 0.687. The Morgan fingerprint density at radius 3 is 2.79 bits per heavy atom. The number of nitrogens with two attached hydrogens (primary N) is 1. The topological polar surface area (TPSA) is 91.3 Å². The lowest BCUT2D eigenvalue weighted by Crippen LogP contribution is -1.97. The first-order chi connectivity index (χ1) is 8.95. The molecule has 0 saturated carbocycles. The first-order valence-electron chi connectivity index (χ1n) is 5.31. The van der Waals surface area contributed by atoms with Gasteiger partial charge in [0.05, 0.1) is 22.1 Å². The van der Waals surface area contributed by atoms with Crippen LogP contribution in [0.2, 0.25) is 5.02 Å². The third-order valence-electron chi connectivity index (χ3n) is 2.32. The number of rotatable bonds is 3. The average Bonchev–Trinajstić information content (AvgIpc) is 2.33. The average molecular weight is 280 g/mol. The summed E-state index contributed by atoms with van der Waals surface area (Å²) in [6.45, 7) is 1.87. The summed E-state index contributed by atoms with van der Waals surface area (Å²) >= 11 is 5.97. The summed E-state index contributed by atoms with van der Waals surface area (Å²) in [5.74, 6) is 0.404. The predicted molar refractivity (Wildman–Crippen MR) is 71.6 cm³/mol. The van der Waals surface area contributed by atoms with Crippen LogP contribution in [0.5, 0.6) is 11.6 Å². The number of nitro groups is 1. The summed E-state index contributed by atoms with van der Waals surface area (Å²) in [4.78, 5) is 14.0. The van der Waals surface area contributed by atoms with E-state index in [0.717, 1.165) is 11.6 Å². The molecule has 0 amide bonds. The van der Waals surface area contributed by atoms with Crippen molar-refractivity contribution in [3.8, 4) is 11.6 Å². The molecule has 0 spiro atoms. The lowest BCUT2D eigenvalue weighted by Gasteiger charge is -2.07. The number of ether oxygens (including phenoxy) is 1. The molecule has 6 nitrogen and oxygen atoms in total. The van der Waals surface area contributed by atoms with Crippen LogP contribution in [0.4, 0.5) is 11.5 Å². The molecule has 2 N–H and O–H groups in total. The normalized spacial score (nSPS) is 10.2. The molecule has 7 heteroatoms. The molecule has 0 aliphatic carbocycles. The second-order valence-electron chi connectivity index (χ2n) is 3.88. The minimum Gasteiger partial charge on any atom is -0.437 e. The summed E-state index contributed by atoms with van der Waals surface area (Å²) in [6.07, 6.45) is 0. The molecule has 0 aliphatic heterocycles. The number of benzene rings is 1. The maximum absolute atomic E-state index is 10.7. The molecule has 0 atom stereocenters. The van der Waals surface area contributed by atoms with Crippen molar-refractivity contribution in [3.05, 3.63) is 51.0 Å². The Labute approximate surface area is 113 Å². The molecular formula is C12H10ClN3O3. The molecule has 1 heterocycles. The molecule has 0 unspecified atom stereocenters. The van der Waals surface area contributed by atoms with Crippen LogP contribution in [0.25, 0.3) is 0 Å². The van der Waals surface area contributed by atoms with Crippen molar-refractivity contribution in [2.75, 3.05) is 5.73 Å². The van der Waals surface area contributed by atoms with Gasteiger partial charge in [-0.05, 0) is 24.6 Å². The zero-order chi connectivity index (χ0) is 14.0. The summed E-state index contributed by atoms with van der Waals surface area (Å²) in [7, 11) is 0. The van der Waals surface area contributed by atoms with Crippen LogP contribution in [0.1, 0.15) is 5.56 Å². The highest BCUT2D eigenvalue weighted by Gasteiger charge is 2.12. The highest BCUT2D eigenvalue weighted by Crippen LogP contribution is 2.31. The summed E-state index contributed by atoms with van der Waals surface area (Å²) in [5, 5.41) is 11.1. The molecular weight excluding hydrogens is 270 g/mol. The second kappa shape index (κ2) is 5.11. The fourth-order valence-corrected chi connectivity index (χ4v) is 1.63. The van der Waals surface area contributed by atoms with Crippen molar-refractivity contribution < 1.29 is 9.66 Å². The maximum atomic E-state index is 10.7. The number of hydrogen-bond donors (Lipinski definition) is 1. The number of nitrogens with zero attached hydrogens (tertiary/aromatic N) is 2. The molecule has 0 bridgehead atoms. The molecule has 98 valence electrons. The SMILES string of the molecule is Cc1ccc(Cl)c(Oc2cc([N+](=O)[O-])cc(N)n2)c1. The number of pyridine rings is 1. The third-order valence-corrected chi connectivity index (χ3v) is 2.63. The Morgan fingerprint density at radius 1 is 1.37 bits per heavy atom. The molecule has 19 heavy (non-hydrogen) atoms. The number of aromatic nitrogens is 1. The van der Waals surface area contributed by atoms with Gasteiger partial charge in [-0.2, -0.15) is 4.98 Å². The van der Waals surface area contributed by atoms with E-state index in [-0.39, 0.29) is 17.4 Å². The lowest BCUT2D eigenvalue weighted by atomic mass is 10.2. The van der Waals surface area contributed by atoms with E-state index in [2.05, 4.69) is 4.98 Å². The van der Waals surface area contributed by atoms with Gasteiger partial charge in [0.1, 0.15) is 11.6 Å². The minimum absolute atomic E-state index is 0.00738. The zero-order valence-corrected chi connectivity index (χ0v) is 10.7. The molecule has 1 aromatic carbocycles. The number of nitrogen functional groups attached to an aromatic ring is 1. The van der Waals surface area contributed by atoms with Gasteiger partial charge in [-0.3, -0.25) is 10.1 Å². The van der Waals surface area contributed by atoms with E-state index in [1.807, 2.05) is 13.0 Å². The highest BCUT2D eigenvalue weighted by atomic mass is 35.5. The third kappa shape index (κ3) is 3.11. The zero-order valence-electron chi connectivity index (χ0n) is 9.96. The van der Waals surface area contributed by atoms with E-state index < -0.39 is 4.92 Å². The minimum atomic E-state index is -0.567. The number of halogens is 1. The fourth-order valence-electron chi connectivity index (χ4n) is 1.47. The van der Waals surface area contributed by atoms with Gasteiger partial charge >= 0.3 is 0 Å². The summed E-state index contributed by atoms with van der Waals surface area (Å²) < 4.78 is 5.43. The largest absolute Gasteiger partial charge is 0.437 e. The van der Waals surface area contributed by atoms with Crippen LogP contribution in [-0.4, -0.2) is 9.91 Å². The van der Waals surface area contributed by atoms with Gasteiger partial charge in [0.25, 0.3) is 5.69 Å². The molecule has 0 saturated heterocycles. The van der Waals surface area contributed by atoms with Gasteiger partial charge in [0, 0.05) is 0 Å². The Hall–Kier alpha value is -2.34. The van der Waals surface area contributed by atoms with E-state index in [1.54, 1.807) is 12.1 Å².